The molecular formula is C11H11O. The van der Waals surface area contributed by atoms with Crippen molar-refractivity contribution in [2.24, 2.45) is 0 Å². The van der Waals surface area contributed by atoms with E-state index in [1.165, 1.54) is 0 Å². The Morgan fingerprint density at radius 1 is 1.50 bits per heavy atom. The summed E-state index contributed by atoms with van der Waals surface area (Å²) in [7, 11) is 0. The number of benzene rings is 1. The molecule has 1 aromatic carbocycles. The van der Waals surface area contributed by atoms with Gasteiger partial charge in [-0.25, -0.2) is 0 Å². The van der Waals surface area contributed by atoms with Crippen LogP contribution in [0.2, 0.25) is 0 Å². The van der Waals surface area contributed by atoms with E-state index in [4.69, 9.17) is 0 Å². The van der Waals surface area contributed by atoms with Crippen LogP contribution in [0.5, 0.6) is 0 Å². The molecule has 1 aliphatic rings. The standard InChI is InChI=1S/C11H11O/c1-7-4-3-5-9-8(2)6-10(12)11(7)9/h3-5,8H,2,6H2,1H3. The van der Waals surface area contributed by atoms with Gasteiger partial charge in [0.25, 0.3) is 0 Å². The van der Waals surface area contributed by atoms with Crippen LogP contribution in [0.3, 0.4) is 0 Å². The van der Waals surface area contributed by atoms with Crippen LogP contribution in [0.25, 0.3) is 0 Å². The van der Waals surface area contributed by atoms with Gasteiger partial charge in [0.2, 0.25) is 0 Å². The van der Waals surface area contributed by atoms with E-state index in [0.717, 1.165) is 16.7 Å². The first-order valence-corrected chi connectivity index (χ1v) is 4.16. The lowest BCUT2D eigenvalue weighted by Gasteiger charge is -2.03. The highest BCUT2D eigenvalue weighted by molar-refractivity contribution is 6.02. The van der Waals surface area contributed by atoms with Gasteiger partial charge in [0.05, 0.1) is 0 Å². The first-order valence-electron chi connectivity index (χ1n) is 4.16. The molecule has 0 bridgehead atoms. The lowest BCUT2D eigenvalue weighted by atomic mass is 10.0. The fourth-order valence-corrected chi connectivity index (χ4v) is 1.85. The SMILES string of the molecule is [CH2]C1CC(=O)c2c(C)cccc21. The lowest BCUT2D eigenvalue weighted by molar-refractivity contribution is 0.0991. The van der Waals surface area contributed by atoms with Gasteiger partial charge in [-0.05, 0) is 30.9 Å². The summed E-state index contributed by atoms with van der Waals surface area (Å²) in [6.45, 7) is 5.93. The van der Waals surface area contributed by atoms with Crippen molar-refractivity contribution < 1.29 is 4.79 Å². The van der Waals surface area contributed by atoms with Crippen LogP contribution in [0.15, 0.2) is 18.2 Å². The van der Waals surface area contributed by atoms with Crippen molar-refractivity contribution in [2.45, 2.75) is 19.3 Å². The molecule has 0 N–H and O–H groups in total. The second-order valence-corrected chi connectivity index (χ2v) is 3.36. The molecule has 12 heavy (non-hydrogen) atoms. The highest BCUT2D eigenvalue weighted by atomic mass is 16.1. The minimum Gasteiger partial charge on any atom is -0.294 e. The molecule has 1 atom stereocenters. The molecule has 0 amide bonds. The molecule has 0 saturated heterocycles. The topological polar surface area (TPSA) is 17.1 Å². The van der Waals surface area contributed by atoms with E-state index in [9.17, 15) is 4.79 Å². The molecule has 1 radical (unpaired) electrons. The van der Waals surface area contributed by atoms with Crippen molar-refractivity contribution in [1.82, 2.24) is 0 Å². The van der Waals surface area contributed by atoms with Gasteiger partial charge in [-0.3, -0.25) is 4.79 Å². The highest BCUT2D eigenvalue weighted by Crippen LogP contribution is 2.33. The average molecular weight is 159 g/mol. The van der Waals surface area contributed by atoms with Crippen molar-refractivity contribution in [1.29, 1.82) is 0 Å². The summed E-state index contributed by atoms with van der Waals surface area (Å²) in [6.07, 6.45) is 0.584. The van der Waals surface area contributed by atoms with E-state index >= 15 is 0 Å². The summed E-state index contributed by atoms with van der Waals surface area (Å²) < 4.78 is 0. The van der Waals surface area contributed by atoms with Gasteiger partial charge in [0.1, 0.15) is 0 Å². The van der Waals surface area contributed by atoms with E-state index in [2.05, 4.69) is 6.92 Å². The fraction of sp³-hybridized carbons (Fsp3) is 0.273. The zero-order chi connectivity index (χ0) is 8.72. The van der Waals surface area contributed by atoms with Crippen molar-refractivity contribution in [3.8, 4) is 0 Å². The van der Waals surface area contributed by atoms with Crippen LogP contribution in [-0.4, -0.2) is 5.78 Å². The summed E-state index contributed by atoms with van der Waals surface area (Å²) >= 11 is 0. The second kappa shape index (κ2) is 2.44. The molecule has 0 fully saturated rings. The van der Waals surface area contributed by atoms with Crippen LogP contribution >= 0.6 is 0 Å². The minimum atomic E-state index is 0.174. The van der Waals surface area contributed by atoms with Crippen molar-refractivity contribution in [3.63, 3.8) is 0 Å². The van der Waals surface area contributed by atoms with Crippen LogP contribution in [0, 0.1) is 13.8 Å². The lowest BCUT2D eigenvalue weighted by Crippen LogP contribution is -1.94. The Labute approximate surface area is 72.4 Å². The summed E-state index contributed by atoms with van der Waals surface area (Å²) in [4.78, 5) is 11.5. The van der Waals surface area contributed by atoms with Gasteiger partial charge in [-0.1, -0.05) is 18.2 Å². The maximum absolute atomic E-state index is 11.5. The largest absolute Gasteiger partial charge is 0.294 e. The molecule has 0 spiro atoms. The van der Waals surface area contributed by atoms with Crippen LogP contribution in [0.4, 0.5) is 0 Å². The predicted molar refractivity (Wildman–Crippen MR) is 48.2 cm³/mol. The number of hydrogen-bond acceptors (Lipinski definition) is 1. The monoisotopic (exact) mass is 159 g/mol. The van der Waals surface area contributed by atoms with Crippen molar-refractivity contribution in [2.75, 3.05) is 0 Å². The number of Topliss-reactive ketones (excluding diaryl/α,β-unsaturated/α-hetero) is 1. The smallest absolute Gasteiger partial charge is 0.164 e. The number of carbonyl (C=O) groups excluding carboxylic acids is 1. The molecule has 0 heterocycles. The average Bonchev–Trinajstić information content (AvgIpc) is 2.29. The van der Waals surface area contributed by atoms with Gasteiger partial charge in [-0.2, -0.15) is 0 Å². The van der Waals surface area contributed by atoms with E-state index in [1.54, 1.807) is 0 Å². The third-order valence-electron chi connectivity index (χ3n) is 2.46. The highest BCUT2D eigenvalue weighted by Gasteiger charge is 2.26. The molecule has 1 nitrogen and oxygen atoms in total. The maximum Gasteiger partial charge on any atom is 0.164 e. The zero-order valence-corrected chi connectivity index (χ0v) is 7.13. The van der Waals surface area contributed by atoms with E-state index in [0.29, 0.717) is 6.42 Å². The number of ketones is 1. The number of carbonyl (C=O) groups is 1. The molecule has 61 valence electrons. The molecule has 2 rings (SSSR count). The number of aryl methyl sites for hydroxylation is 1. The summed E-state index contributed by atoms with van der Waals surface area (Å²) in [5.74, 6) is 0.426. The predicted octanol–water partition coefficient (Wildman–Crippen LogP) is 2.50. The van der Waals surface area contributed by atoms with Crippen LogP contribution in [-0.2, 0) is 0 Å². The Morgan fingerprint density at radius 2 is 2.25 bits per heavy atom. The van der Waals surface area contributed by atoms with Crippen molar-refractivity contribution >= 4 is 5.78 Å². The Bertz CT molecular complexity index is 339. The zero-order valence-electron chi connectivity index (χ0n) is 7.13. The van der Waals surface area contributed by atoms with Gasteiger partial charge in [0.15, 0.2) is 5.78 Å². The summed E-state index contributed by atoms with van der Waals surface area (Å²) in [5.41, 5.74) is 3.13. The van der Waals surface area contributed by atoms with Crippen LogP contribution < -0.4 is 0 Å². The molecule has 1 heteroatoms. The van der Waals surface area contributed by atoms with E-state index in [1.807, 2.05) is 25.1 Å². The van der Waals surface area contributed by atoms with Crippen molar-refractivity contribution in [3.05, 3.63) is 41.8 Å². The van der Waals surface area contributed by atoms with E-state index in [-0.39, 0.29) is 11.7 Å². The third-order valence-corrected chi connectivity index (χ3v) is 2.46. The quantitative estimate of drug-likeness (QED) is 0.568. The van der Waals surface area contributed by atoms with E-state index < -0.39 is 0 Å². The molecular weight excluding hydrogens is 148 g/mol. The Morgan fingerprint density at radius 3 is 2.92 bits per heavy atom. The van der Waals surface area contributed by atoms with Gasteiger partial charge in [0, 0.05) is 12.0 Å². The minimum absolute atomic E-state index is 0.174. The molecule has 0 aromatic heterocycles. The Kier molecular flexibility index (Phi) is 1.53. The first-order chi connectivity index (χ1) is 5.70. The van der Waals surface area contributed by atoms with Crippen LogP contribution in [0.1, 0.15) is 33.8 Å². The Balaban J connectivity index is 2.67. The van der Waals surface area contributed by atoms with Gasteiger partial charge in [-0.15, -0.1) is 0 Å². The first kappa shape index (κ1) is 7.53. The molecule has 0 aliphatic heterocycles. The number of fused-ring (bicyclic) bond motifs is 1. The molecule has 1 unspecified atom stereocenters. The fourth-order valence-electron chi connectivity index (χ4n) is 1.85. The Hall–Kier alpha value is -1.11. The molecule has 0 saturated carbocycles. The normalized spacial score (nSPS) is 21.2. The summed E-state index contributed by atoms with van der Waals surface area (Å²) in [5, 5.41) is 0. The maximum atomic E-state index is 11.5. The number of rotatable bonds is 0. The molecule has 1 aliphatic carbocycles. The van der Waals surface area contributed by atoms with Gasteiger partial charge < -0.3 is 0 Å². The number of hydrogen-bond donors (Lipinski definition) is 0. The molecule has 1 aromatic rings. The second-order valence-electron chi connectivity index (χ2n) is 3.36. The third kappa shape index (κ3) is 0.893. The van der Waals surface area contributed by atoms with Gasteiger partial charge >= 0.3 is 0 Å². The summed E-state index contributed by atoms with van der Waals surface area (Å²) in [6, 6.07) is 5.98.